The summed E-state index contributed by atoms with van der Waals surface area (Å²) in [5.74, 6) is 0. The smallest absolute Gasteiger partial charge is 0.0972 e. The van der Waals surface area contributed by atoms with E-state index in [1.165, 1.54) is 10.8 Å². The Morgan fingerprint density at radius 3 is 1.39 bits per heavy atom. The highest BCUT2D eigenvalue weighted by atomic mass is 14.8. The first kappa shape index (κ1) is 30.2. The lowest BCUT2D eigenvalue weighted by molar-refractivity contribution is 1.34. The lowest BCUT2D eigenvalue weighted by Gasteiger charge is -2.10. The Labute approximate surface area is 310 Å². The van der Waals surface area contributed by atoms with Gasteiger partial charge in [0, 0.05) is 43.5 Å². The summed E-state index contributed by atoms with van der Waals surface area (Å²) in [5.41, 5.74) is 17.7. The first-order chi connectivity index (χ1) is 26.7. The molecule has 0 bridgehead atoms. The molecule has 4 heteroatoms. The molecule has 0 aliphatic heterocycles. The maximum Gasteiger partial charge on any atom is 0.0972 e. The molecule has 11 rings (SSSR count). The predicted octanol–water partition coefficient (Wildman–Crippen LogP) is 10.4. The zero-order valence-corrected chi connectivity index (χ0v) is 29.0. The van der Waals surface area contributed by atoms with Crippen molar-refractivity contribution in [3.8, 4) is 33.8 Å². The van der Waals surface area contributed by atoms with Gasteiger partial charge in [-0.25, -0.2) is 19.9 Å². The molecule has 1 aliphatic carbocycles. The van der Waals surface area contributed by atoms with Crippen molar-refractivity contribution in [2.45, 2.75) is 0 Å². The van der Waals surface area contributed by atoms with Crippen molar-refractivity contribution in [2.24, 2.45) is 0 Å². The van der Waals surface area contributed by atoms with Crippen LogP contribution in [0.5, 0.6) is 0 Å². The molecule has 1 aliphatic rings. The average Bonchev–Trinajstić information content (AvgIpc) is 3.25. The summed E-state index contributed by atoms with van der Waals surface area (Å²) in [7, 11) is 0. The molecule has 0 saturated carbocycles. The zero-order chi connectivity index (χ0) is 35.6. The normalized spacial score (nSPS) is 12.2. The largest absolute Gasteiger partial charge is 0.245 e. The third-order valence-corrected chi connectivity index (χ3v) is 10.4. The molecule has 0 amide bonds. The monoisotopic (exact) mass is 684 g/mol. The van der Waals surface area contributed by atoms with E-state index in [2.05, 4.69) is 169 Å². The van der Waals surface area contributed by atoms with Crippen molar-refractivity contribution >= 4 is 71.8 Å². The summed E-state index contributed by atoms with van der Waals surface area (Å²) in [4.78, 5) is 20.8. The van der Waals surface area contributed by atoms with E-state index < -0.39 is 0 Å². The predicted molar refractivity (Wildman–Crippen MR) is 222 cm³/mol. The number of nitrogens with zero attached hydrogens (tertiary/aromatic N) is 4. The minimum Gasteiger partial charge on any atom is -0.245 e. The van der Waals surface area contributed by atoms with E-state index in [4.69, 9.17) is 19.9 Å². The van der Waals surface area contributed by atoms with Crippen molar-refractivity contribution in [3.05, 3.63) is 186 Å². The van der Waals surface area contributed by atoms with Crippen molar-refractivity contribution < 1.29 is 0 Å². The molecule has 4 aromatic heterocycles. The molecule has 54 heavy (non-hydrogen) atoms. The summed E-state index contributed by atoms with van der Waals surface area (Å²) in [6.07, 6.45) is 2.12. The van der Waals surface area contributed by atoms with E-state index in [0.717, 1.165) is 99.1 Å². The number of benzene rings is 6. The molecular weight excluding hydrogens is 657 g/mol. The fourth-order valence-corrected chi connectivity index (χ4v) is 7.56. The minimum atomic E-state index is 0.847. The maximum absolute atomic E-state index is 5.24. The molecule has 0 saturated heterocycles. The molecule has 0 fully saturated rings. The van der Waals surface area contributed by atoms with Gasteiger partial charge in [-0.15, -0.1) is 0 Å². The SMILES string of the molecule is C1=C=c2ccccc2=CC=1c1ccc2ccc3ccc(-c4cccc(-c5ccc6ccc7ccc(-c8ccc9ccccc9c8)nc7c6n5)c4)nc3c2n1. The summed E-state index contributed by atoms with van der Waals surface area (Å²) in [6, 6.07) is 57.0. The highest BCUT2D eigenvalue weighted by Crippen LogP contribution is 2.32. The lowest BCUT2D eigenvalue weighted by atomic mass is 10.0. The van der Waals surface area contributed by atoms with Gasteiger partial charge in [-0.05, 0) is 64.5 Å². The molecule has 0 unspecified atom stereocenters. The maximum atomic E-state index is 5.24. The molecular formula is C50H28N4. The number of hydrogen-bond acceptors (Lipinski definition) is 4. The van der Waals surface area contributed by atoms with Crippen molar-refractivity contribution in [2.75, 3.05) is 0 Å². The van der Waals surface area contributed by atoms with Crippen LogP contribution in [0, 0.1) is 0 Å². The van der Waals surface area contributed by atoms with Crippen LogP contribution in [0.25, 0.3) is 106 Å². The zero-order valence-electron chi connectivity index (χ0n) is 29.0. The standard InChI is InChI=1S/C50H28N4/c1-3-8-37-28-41(18-12-31(37)6-1)45-26-22-35-16-14-33-20-24-43(51-47(33)49(35)53-45)39-10-5-11-40(30-39)44-25-21-34-15-17-36-23-27-46(54-50(36)48(34)52-44)42-19-13-32-7-2-4-9-38(32)29-42/h1-12,14-18,20-30H. The van der Waals surface area contributed by atoms with E-state index in [1.807, 2.05) is 12.1 Å². The van der Waals surface area contributed by atoms with E-state index in [9.17, 15) is 0 Å². The number of rotatable bonds is 4. The number of fused-ring (bicyclic) bond motifs is 8. The van der Waals surface area contributed by atoms with E-state index in [0.29, 0.717) is 0 Å². The van der Waals surface area contributed by atoms with Crippen LogP contribution >= 0.6 is 0 Å². The Morgan fingerprint density at radius 2 is 0.778 bits per heavy atom. The summed E-state index contributed by atoms with van der Waals surface area (Å²) in [6.45, 7) is 0. The van der Waals surface area contributed by atoms with Crippen LogP contribution in [0.15, 0.2) is 170 Å². The molecule has 248 valence electrons. The molecule has 0 atom stereocenters. The van der Waals surface area contributed by atoms with Gasteiger partial charge in [0.05, 0.1) is 50.4 Å². The van der Waals surface area contributed by atoms with Gasteiger partial charge in [0.2, 0.25) is 0 Å². The van der Waals surface area contributed by atoms with Crippen LogP contribution in [-0.4, -0.2) is 19.9 Å². The number of hydrogen-bond donors (Lipinski definition) is 0. The second kappa shape index (κ2) is 12.1. The highest BCUT2D eigenvalue weighted by molar-refractivity contribution is 6.06. The van der Waals surface area contributed by atoms with Crippen LogP contribution in [0.4, 0.5) is 0 Å². The van der Waals surface area contributed by atoms with Crippen LogP contribution in [0.1, 0.15) is 5.69 Å². The van der Waals surface area contributed by atoms with Gasteiger partial charge in [-0.2, -0.15) is 0 Å². The fourth-order valence-electron chi connectivity index (χ4n) is 7.56. The van der Waals surface area contributed by atoms with E-state index >= 15 is 0 Å². The third-order valence-electron chi connectivity index (χ3n) is 10.4. The summed E-state index contributed by atoms with van der Waals surface area (Å²) in [5, 5.41) is 8.76. The van der Waals surface area contributed by atoms with E-state index in [1.54, 1.807) is 0 Å². The van der Waals surface area contributed by atoms with Gasteiger partial charge in [0.15, 0.2) is 0 Å². The second-order valence-electron chi connectivity index (χ2n) is 13.7. The molecule has 4 nitrogen and oxygen atoms in total. The van der Waals surface area contributed by atoms with Crippen LogP contribution in [0.3, 0.4) is 0 Å². The molecule has 10 aromatic rings. The first-order valence-electron chi connectivity index (χ1n) is 18.0. The molecule has 0 spiro atoms. The Morgan fingerprint density at radius 1 is 0.315 bits per heavy atom. The molecule has 4 heterocycles. The number of aromatic nitrogens is 4. The average molecular weight is 685 g/mol. The van der Waals surface area contributed by atoms with Gasteiger partial charge in [0.25, 0.3) is 0 Å². The molecule has 0 radical (unpaired) electrons. The first-order valence-corrected chi connectivity index (χ1v) is 18.0. The highest BCUT2D eigenvalue weighted by Gasteiger charge is 2.13. The number of allylic oxidation sites excluding steroid dienone is 1. The second-order valence-corrected chi connectivity index (χ2v) is 13.7. The van der Waals surface area contributed by atoms with Crippen molar-refractivity contribution in [1.29, 1.82) is 0 Å². The Balaban J connectivity index is 0.994. The molecule has 6 aromatic carbocycles. The Hall–Kier alpha value is -7.48. The van der Waals surface area contributed by atoms with Gasteiger partial charge >= 0.3 is 0 Å². The lowest BCUT2D eigenvalue weighted by Crippen LogP contribution is -2.23. The van der Waals surface area contributed by atoms with Gasteiger partial charge in [0.1, 0.15) is 0 Å². The third kappa shape index (κ3) is 5.10. The van der Waals surface area contributed by atoms with Gasteiger partial charge < -0.3 is 0 Å². The van der Waals surface area contributed by atoms with Crippen LogP contribution < -0.4 is 10.4 Å². The topological polar surface area (TPSA) is 51.6 Å². The van der Waals surface area contributed by atoms with Crippen molar-refractivity contribution in [3.63, 3.8) is 0 Å². The minimum absolute atomic E-state index is 0.847. The Bertz CT molecular complexity index is 3420. The van der Waals surface area contributed by atoms with Gasteiger partial charge in [-0.3, -0.25) is 0 Å². The van der Waals surface area contributed by atoms with Crippen molar-refractivity contribution in [1.82, 2.24) is 19.9 Å². The fraction of sp³-hybridized carbons (Fsp3) is 0. The molecule has 0 N–H and O–H groups in total. The van der Waals surface area contributed by atoms with Crippen LogP contribution in [-0.2, 0) is 0 Å². The quantitative estimate of drug-likeness (QED) is 0.137. The van der Waals surface area contributed by atoms with Gasteiger partial charge in [-0.1, -0.05) is 133 Å². The summed E-state index contributed by atoms with van der Waals surface area (Å²) < 4.78 is 0. The van der Waals surface area contributed by atoms with Crippen LogP contribution in [0.2, 0.25) is 0 Å². The van der Waals surface area contributed by atoms with E-state index in [-0.39, 0.29) is 0 Å². The Kier molecular flexibility index (Phi) is 6.73. The summed E-state index contributed by atoms with van der Waals surface area (Å²) >= 11 is 0. The number of pyridine rings is 4.